The van der Waals surface area contributed by atoms with Crippen LogP contribution in [-0.2, 0) is 5.54 Å². The zero-order valence-corrected chi connectivity index (χ0v) is 14.2. The number of hydrogen-bond donors (Lipinski definition) is 0. The van der Waals surface area contributed by atoms with E-state index in [9.17, 15) is 0 Å². The van der Waals surface area contributed by atoms with Crippen LogP contribution in [0.15, 0.2) is 17.5 Å². The van der Waals surface area contributed by atoms with Crippen molar-refractivity contribution in [2.45, 2.75) is 70.4 Å². The zero-order chi connectivity index (χ0) is 14.2. The van der Waals surface area contributed by atoms with Crippen LogP contribution in [-0.4, -0.2) is 24.1 Å². The van der Waals surface area contributed by atoms with Gasteiger partial charge in [0.2, 0.25) is 0 Å². The molecule has 1 nitrogen and oxygen atoms in total. The standard InChI is InChI=1S/C18H30NS/c1-15-9-4-6-12-18(15,17-11-8-14-20-17)19(3)13-7-5-10-16(19)2/h8,11,14-16H,4-7,9-10,12-13H2,1-3H3/q+1/t15-,16?,18+,19?/m0/s1. The summed E-state index contributed by atoms with van der Waals surface area (Å²) in [4.78, 5) is 1.67. The third-order valence-electron chi connectivity index (χ3n) is 6.59. The average molecular weight is 293 g/mol. The van der Waals surface area contributed by atoms with Crippen molar-refractivity contribution in [2.24, 2.45) is 5.92 Å². The first-order chi connectivity index (χ1) is 9.61. The van der Waals surface area contributed by atoms with Gasteiger partial charge in [0.25, 0.3) is 0 Å². The van der Waals surface area contributed by atoms with Crippen LogP contribution < -0.4 is 0 Å². The Bertz CT molecular complexity index is 440. The largest absolute Gasteiger partial charge is 0.314 e. The van der Waals surface area contributed by atoms with Gasteiger partial charge in [-0.25, -0.2) is 0 Å². The lowest BCUT2D eigenvalue weighted by atomic mass is 9.68. The normalized spacial score (nSPS) is 42.5. The predicted octanol–water partition coefficient (Wildman–Crippen LogP) is 5.17. The van der Waals surface area contributed by atoms with Crippen molar-refractivity contribution < 1.29 is 4.48 Å². The van der Waals surface area contributed by atoms with Crippen LogP contribution in [0, 0.1) is 5.92 Å². The highest BCUT2D eigenvalue weighted by atomic mass is 32.1. The SMILES string of the molecule is CC1CCCC[N+]1(C)[C@]1(c2cccs2)CCCC[C@@H]1C. The molecule has 2 fully saturated rings. The van der Waals surface area contributed by atoms with Crippen molar-refractivity contribution in [2.75, 3.05) is 13.6 Å². The summed E-state index contributed by atoms with van der Waals surface area (Å²) in [6.07, 6.45) is 9.93. The summed E-state index contributed by atoms with van der Waals surface area (Å²) in [6.45, 7) is 6.42. The molecule has 0 aromatic carbocycles. The van der Waals surface area contributed by atoms with Gasteiger partial charge in [0.15, 0.2) is 0 Å². The van der Waals surface area contributed by atoms with Crippen LogP contribution in [0.5, 0.6) is 0 Å². The molecule has 1 aromatic heterocycles. The summed E-state index contributed by atoms with van der Waals surface area (Å²) in [7, 11) is 2.57. The molecular weight excluding hydrogens is 262 g/mol. The van der Waals surface area contributed by atoms with Gasteiger partial charge in [-0.2, -0.15) is 0 Å². The smallest absolute Gasteiger partial charge is 0.137 e. The highest BCUT2D eigenvalue weighted by Crippen LogP contribution is 2.53. The monoisotopic (exact) mass is 292 g/mol. The van der Waals surface area contributed by atoms with E-state index < -0.39 is 0 Å². The van der Waals surface area contributed by atoms with Crippen molar-refractivity contribution in [1.82, 2.24) is 0 Å². The molecule has 2 heterocycles. The highest BCUT2D eigenvalue weighted by molar-refractivity contribution is 7.10. The fourth-order valence-electron chi connectivity index (χ4n) is 5.21. The lowest BCUT2D eigenvalue weighted by Crippen LogP contribution is -2.68. The molecule has 1 saturated heterocycles. The Kier molecular flexibility index (Phi) is 3.98. The van der Waals surface area contributed by atoms with Crippen molar-refractivity contribution >= 4 is 11.3 Å². The first-order valence-corrected chi connectivity index (χ1v) is 9.38. The number of hydrogen-bond acceptors (Lipinski definition) is 1. The summed E-state index contributed by atoms with van der Waals surface area (Å²) in [5.41, 5.74) is 0.395. The van der Waals surface area contributed by atoms with Crippen LogP contribution in [0.4, 0.5) is 0 Å². The summed E-state index contributed by atoms with van der Waals surface area (Å²) in [5.74, 6) is 0.820. The highest BCUT2D eigenvalue weighted by Gasteiger charge is 2.57. The molecule has 2 aliphatic rings. The van der Waals surface area contributed by atoms with Gasteiger partial charge >= 0.3 is 0 Å². The second-order valence-electron chi connectivity index (χ2n) is 7.38. The van der Waals surface area contributed by atoms with Gasteiger partial charge in [-0.05, 0) is 50.5 Å². The number of thiophene rings is 1. The maximum Gasteiger partial charge on any atom is 0.137 e. The van der Waals surface area contributed by atoms with Gasteiger partial charge in [-0.15, -0.1) is 11.3 Å². The summed E-state index contributed by atoms with van der Waals surface area (Å²) >= 11 is 2.01. The Morgan fingerprint density at radius 1 is 1.15 bits per heavy atom. The quantitative estimate of drug-likeness (QED) is 0.659. The second-order valence-corrected chi connectivity index (χ2v) is 8.33. The van der Waals surface area contributed by atoms with E-state index >= 15 is 0 Å². The van der Waals surface area contributed by atoms with Gasteiger partial charge in [-0.3, -0.25) is 0 Å². The van der Waals surface area contributed by atoms with Gasteiger partial charge < -0.3 is 4.48 Å². The Balaban J connectivity index is 2.09. The molecule has 2 heteroatoms. The fraction of sp³-hybridized carbons (Fsp3) is 0.778. The molecule has 1 aromatic rings. The van der Waals surface area contributed by atoms with Crippen LogP contribution in [0.25, 0.3) is 0 Å². The fourth-order valence-corrected chi connectivity index (χ4v) is 6.39. The topological polar surface area (TPSA) is 0 Å². The lowest BCUT2D eigenvalue weighted by molar-refractivity contribution is -0.996. The minimum absolute atomic E-state index is 0.395. The van der Waals surface area contributed by atoms with E-state index in [0.29, 0.717) is 5.54 Å². The molecule has 20 heavy (non-hydrogen) atoms. The number of piperidine rings is 1. The molecule has 1 saturated carbocycles. The Morgan fingerprint density at radius 2 is 1.95 bits per heavy atom. The first kappa shape index (κ1) is 14.6. The maximum atomic E-state index is 2.57. The maximum absolute atomic E-state index is 2.57. The van der Waals surface area contributed by atoms with E-state index in [4.69, 9.17) is 0 Å². The molecule has 0 N–H and O–H groups in total. The molecule has 0 bridgehead atoms. The average Bonchev–Trinajstić information content (AvgIpc) is 2.97. The third kappa shape index (κ3) is 1.99. The van der Waals surface area contributed by atoms with Gasteiger partial charge in [0.05, 0.1) is 24.5 Å². The van der Waals surface area contributed by atoms with Crippen LogP contribution in [0.1, 0.15) is 63.7 Å². The first-order valence-electron chi connectivity index (χ1n) is 8.50. The molecule has 1 aliphatic carbocycles. The van der Waals surface area contributed by atoms with Crippen LogP contribution in [0.3, 0.4) is 0 Å². The molecular formula is C18H30NS+. The Hall–Kier alpha value is -0.340. The number of nitrogens with zero attached hydrogens (tertiary/aromatic N) is 1. The zero-order valence-electron chi connectivity index (χ0n) is 13.4. The number of rotatable bonds is 2. The number of quaternary nitrogens is 1. The molecule has 3 rings (SSSR count). The predicted molar refractivity (Wildman–Crippen MR) is 88.0 cm³/mol. The van der Waals surface area contributed by atoms with E-state index in [1.54, 1.807) is 4.88 Å². The van der Waals surface area contributed by atoms with Gasteiger partial charge in [-0.1, -0.05) is 19.4 Å². The van der Waals surface area contributed by atoms with Crippen LogP contribution in [0.2, 0.25) is 0 Å². The van der Waals surface area contributed by atoms with E-state index in [1.807, 2.05) is 11.3 Å². The molecule has 2 unspecified atom stereocenters. The van der Waals surface area contributed by atoms with Gasteiger partial charge in [0, 0.05) is 12.3 Å². The lowest BCUT2D eigenvalue weighted by Gasteiger charge is -2.59. The van der Waals surface area contributed by atoms with Crippen molar-refractivity contribution in [1.29, 1.82) is 0 Å². The summed E-state index contributed by atoms with van der Waals surface area (Å²) < 4.78 is 1.30. The summed E-state index contributed by atoms with van der Waals surface area (Å²) in [5, 5.41) is 2.29. The van der Waals surface area contributed by atoms with E-state index in [2.05, 4.69) is 38.4 Å². The van der Waals surface area contributed by atoms with Crippen LogP contribution >= 0.6 is 11.3 Å². The molecule has 0 radical (unpaired) electrons. The molecule has 0 spiro atoms. The molecule has 4 atom stereocenters. The van der Waals surface area contributed by atoms with E-state index in [0.717, 1.165) is 12.0 Å². The molecule has 112 valence electrons. The summed E-state index contributed by atoms with van der Waals surface area (Å²) in [6, 6.07) is 5.51. The van der Waals surface area contributed by atoms with Crippen molar-refractivity contribution in [3.05, 3.63) is 22.4 Å². The van der Waals surface area contributed by atoms with Crippen molar-refractivity contribution in [3.63, 3.8) is 0 Å². The number of likely N-dealkylation sites (tertiary alicyclic amines) is 1. The van der Waals surface area contributed by atoms with Crippen molar-refractivity contribution in [3.8, 4) is 0 Å². The molecule has 0 amide bonds. The third-order valence-corrected chi connectivity index (χ3v) is 7.62. The van der Waals surface area contributed by atoms with Gasteiger partial charge in [0.1, 0.15) is 5.54 Å². The Morgan fingerprint density at radius 3 is 2.60 bits per heavy atom. The Labute approximate surface area is 128 Å². The van der Waals surface area contributed by atoms with E-state index in [-0.39, 0.29) is 0 Å². The molecule has 1 aliphatic heterocycles. The minimum atomic E-state index is 0.395. The second kappa shape index (κ2) is 5.46. The minimum Gasteiger partial charge on any atom is -0.314 e. The van der Waals surface area contributed by atoms with E-state index in [1.165, 1.54) is 56.0 Å².